The van der Waals surface area contributed by atoms with E-state index in [1.54, 1.807) is 35.1 Å². The first-order chi connectivity index (χ1) is 28.3. The van der Waals surface area contributed by atoms with E-state index in [1.165, 1.54) is 6.07 Å². The van der Waals surface area contributed by atoms with Crippen LogP contribution in [0.15, 0.2) is 82.0 Å². The number of anilines is 3. The zero-order chi connectivity index (χ0) is 40.3. The number of para-hydroxylation sites is 2. The smallest absolute Gasteiger partial charge is 0.343 e. The number of rotatable bonds is 15. The fourth-order valence-corrected chi connectivity index (χ4v) is 7.93. The SMILES string of the molecule is CCO/N=C1\C(=O)N(CCCOC(=O)c2cn(C3CC3)c3cc(N4CCN(CCCN5C(=O)/C(=N/OCC)c6ccccc65)CC4)c(F)cc3c2=O)c2ccccc21. The Hall–Kier alpha value is -6.09. The van der Waals surface area contributed by atoms with Crippen molar-refractivity contribution in [3.63, 3.8) is 0 Å². The minimum atomic E-state index is -0.786. The minimum absolute atomic E-state index is 0.0303. The molecule has 2 fully saturated rings. The van der Waals surface area contributed by atoms with Gasteiger partial charge >= 0.3 is 5.97 Å². The largest absolute Gasteiger partial charge is 0.462 e. The zero-order valence-corrected chi connectivity index (χ0v) is 32.7. The number of ether oxygens (including phenoxy) is 1. The van der Waals surface area contributed by atoms with Crippen LogP contribution < -0.4 is 20.1 Å². The molecule has 0 bridgehead atoms. The standard InChI is InChI=1S/C43H46FN7O7/c1-3-57-45-38-29-11-5-7-13-34(29)49(41(38)53)18-9-17-47-20-22-48(23-21-47)37-26-36-31(25-33(37)44)40(52)32(27-51(36)28-15-16-28)43(55)56-24-10-19-50-35-14-8-6-12-30(35)39(42(50)54)46-58-4-2/h5-8,11-14,25-28H,3-4,9-10,15-24H2,1-2H3/b45-38+,46-39-. The molecule has 4 aliphatic rings. The first-order valence-corrected chi connectivity index (χ1v) is 20.0. The Morgan fingerprint density at radius 2 is 1.34 bits per heavy atom. The van der Waals surface area contributed by atoms with E-state index in [4.69, 9.17) is 14.4 Å². The third-order valence-corrected chi connectivity index (χ3v) is 11.0. The van der Waals surface area contributed by atoms with Gasteiger partial charge in [-0.1, -0.05) is 46.7 Å². The van der Waals surface area contributed by atoms with Crippen LogP contribution in [0.4, 0.5) is 21.5 Å². The van der Waals surface area contributed by atoms with Crippen molar-refractivity contribution in [1.29, 1.82) is 0 Å². The molecular weight excluding hydrogens is 746 g/mol. The Balaban J connectivity index is 0.889. The predicted octanol–water partition coefficient (Wildman–Crippen LogP) is 5.11. The number of nitrogens with zero attached hydrogens (tertiary/aromatic N) is 7. The number of fused-ring (bicyclic) bond motifs is 3. The summed E-state index contributed by atoms with van der Waals surface area (Å²) in [6.07, 6.45) is 4.39. The lowest BCUT2D eigenvalue weighted by atomic mass is 10.1. The summed E-state index contributed by atoms with van der Waals surface area (Å²) in [4.78, 5) is 71.4. The second-order valence-electron chi connectivity index (χ2n) is 14.7. The number of halogens is 1. The van der Waals surface area contributed by atoms with Crippen LogP contribution in [0.25, 0.3) is 10.9 Å². The Labute approximate surface area is 335 Å². The van der Waals surface area contributed by atoms with Crippen molar-refractivity contribution in [2.45, 2.75) is 45.6 Å². The molecule has 4 aromatic rings. The van der Waals surface area contributed by atoms with Crippen LogP contribution in [0.5, 0.6) is 0 Å². The minimum Gasteiger partial charge on any atom is -0.462 e. The van der Waals surface area contributed by atoms with E-state index in [9.17, 15) is 19.2 Å². The van der Waals surface area contributed by atoms with Crippen molar-refractivity contribution < 1.29 is 33.2 Å². The number of carbonyl (C=O) groups excluding carboxylic acids is 3. The number of piperazine rings is 1. The molecule has 1 aromatic heterocycles. The number of oxime groups is 2. The Kier molecular flexibility index (Phi) is 11.2. The Bertz CT molecular complexity index is 2370. The summed E-state index contributed by atoms with van der Waals surface area (Å²) in [6, 6.07) is 18.0. The van der Waals surface area contributed by atoms with Gasteiger partial charge in [-0.2, -0.15) is 0 Å². The molecule has 3 aromatic carbocycles. The summed E-state index contributed by atoms with van der Waals surface area (Å²) in [5.74, 6) is -1.77. The van der Waals surface area contributed by atoms with Gasteiger partial charge in [-0.05, 0) is 70.3 Å². The molecule has 58 heavy (non-hydrogen) atoms. The third-order valence-electron chi connectivity index (χ3n) is 11.0. The van der Waals surface area contributed by atoms with Gasteiger partial charge < -0.3 is 33.7 Å². The summed E-state index contributed by atoms with van der Waals surface area (Å²) in [6.45, 7) is 8.45. The molecule has 1 saturated carbocycles. The Morgan fingerprint density at radius 1 is 0.759 bits per heavy atom. The molecule has 0 atom stereocenters. The number of benzene rings is 3. The maximum absolute atomic E-state index is 15.9. The van der Waals surface area contributed by atoms with Gasteiger partial charge in [-0.25, -0.2) is 9.18 Å². The maximum atomic E-state index is 15.9. The highest BCUT2D eigenvalue weighted by Gasteiger charge is 2.36. The second-order valence-corrected chi connectivity index (χ2v) is 14.7. The molecule has 1 aliphatic carbocycles. The second kappa shape index (κ2) is 16.8. The maximum Gasteiger partial charge on any atom is 0.343 e. The van der Waals surface area contributed by atoms with Crippen LogP contribution in [0.3, 0.4) is 0 Å². The lowest BCUT2D eigenvalue weighted by molar-refractivity contribution is -0.113. The van der Waals surface area contributed by atoms with Gasteiger partial charge in [0.1, 0.15) is 24.6 Å². The highest BCUT2D eigenvalue weighted by atomic mass is 19.1. The number of esters is 1. The first kappa shape index (κ1) is 38.8. The molecule has 15 heteroatoms. The average Bonchev–Trinajstić information content (AvgIpc) is 4.00. The number of aromatic nitrogens is 1. The number of carbonyl (C=O) groups is 3. The Morgan fingerprint density at radius 3 is 1.93 bits per heavy atom. The van der Waals surface area contributed by atoms with Gasteiger partial charge in [-0.3, -0.25) is 19.3 Å². The highest BCUT2D eigenvalue weighted by molar-refractivity contribution is 6.54. The van der Waals surface area contributed by atoms with Crippen molar-refractivity contribution in [2.75, 3.05) is 80.3 Å². The number of hydrogen-bond acceptors (Lipinski definition) is 11. The number of pyridine rings is 1. The number of amides is 2. The van der Waals surface area contributed by atoms with Crippen molar-refractivity contribution in [2.24, 2.45) is 10.3 Å². The normalized spacial score (nSPS) is 18.1. The van der Waals surface area contributed by atoms with Crippen LogP contribution in [-0.4, -0.2) is 104 Å². The van der Waals surface area contributed by atoms with Crippen LogP contribution in [0.2, 0.25) is 0 Å². The molecule has 0 spiro atoms. The molecule has 8 rings (SSSR count). The van der Waals surface area contributed by atoms with E-state index in [0.717, 1.165) is 37.1 Å². The molecule has 0 radical (unpaired) electrons. The van der Waals surface area contributed by atoms with Crippen molar-refractivity contribution in [1.82, 2.24) is 9.47 Å². The highest BCUT2D eigenvalue weighted by Crippen LogP contribution is 2.38. The zero-order valence-electron chi connectivity index (χ0n) is 32.7. The summed E-state index contributed by atoms with van der Waals surface area (Å²) < 4.78 is 23.4. The van der Waals surface area contributed by atoms with Crippen molar-refractivity contribution in [3.05, 3.63) is 99.6 Å². The van der Waals surface area contributed by atoms with Crippen molar-refractivity contribution in [3.8, 4) is 0 Å². The summed E-state index contributed by atoms with van der Waals surface area (Å²) >= 11 is 0. The molecule has 4 heterocycles. The van der Waals surface area contributed by atoms with Gasteiger partial charge in [-0.15, -0.1) is 0 Å². The quantitative estimate of drug-likeness (QED) is 0.0914. The van der Waals surface area contributed by atoms with E-state index in [2.05, 4.69) is 15.2 Å². The molecule has 1 saturated heterocycles. The van der Waals surface area contributed by atoms with Gasteiger partial charge in [0, 0.05) is 68.0 Å². The van der Waals surface area contributed by atoms with Crippen LogP contribution in [0, 0.1) is 5.82 Å². The van der Waals surface area contributed by atoms with Gasteiger partial charge in [0.25, 0.3) is 11.8 Å². The molecule has 14 nitrogen and oxygen atoms in total. The van der Waals surface area contributed by atoms with E-state index in [-0.39, 0.29) is 47.7 Å². The molecule has 3 aliphatic heterocycles. The summed E-state index contributed by atoms with van der Waals surface area (Å²) in [5.41, 5.74) is 3.80. The van der Waals surface area contributed by atoms with Crippen LogP contribution in [0.1, 0.15) is 67.1 Å². The fraction of sp³-hybridized carbons (Fsp3) is 0.395. The predicted molar refractivity (Wildman–Crippen MR) is 219 cm³/mol. The topological polar surface area (TPSA) is 139 Å². The van der Waals surface area contributed by atoms with E-state index < -0.39 is 17.2 Å². The summed E-state index contributed by atoms with van der Waals surface area (Å²) in [7, 11) is 0. The lowest BCUT2D eigenvalue weighted by Crippen LogP contribution is -2.47. The van der Waals surface area contributed by atoms with Crippen LogP contribution >= 0.6 is 0 Å². The van der Waals surface area contributed by atoms with E-state index >= 15 is 4.39 Å². The lowest BCUT2D eigenvalue weighted by Gasteiger charge is -2.36. The molecule has 0 unspecified atom stereocenters. The van der Waals surface area contributed by atoms with E-state index in [0.29, 0.717) is 80.5 Å². The van der Waals surface area contributed by atoms with Gasteiger partial charge in [0.15, 0.2) is 11.4 Å². The first-order valence-electron chi connectivity index (χ1n) is 20.0. The van der Waals surface area contributed by atoms with Gasteiger partial charge in [0.2, 0.25) is 5.43 Å². The van der Waals surface area contributed by atoms with Crippen molar-refractivity contribution >= 4 is 57.2 Å². The monoisotopic (exact) mass is 791 g/mol. The average molecular weight is 792 g/mol. The molecule has 2 amide bonds. The molecule has 0 N–H and O–H groups in total. The molecule has 302 valence electrons. The van der Waals surface area contributed by atoms with Gasteiger partial charge in [0.05, 0.1) is 29.2 Å². The van der Waals surface area contributed by atoms with Crippen LogP contribution in [-0.2, 0) is 24.0 Å². The number of hydrogen-bond donors (Lipinski definition) is 0. The van der Waals surface area contributed by atoms with E-state index in [1.807, 2.05) is 58.9 Å². The fourth-order valence-electron chi connectivity index (χ4n) is 7.93. The summed E-state index contributed by atoms with van der Waals surface area (Å²) in [5, 5.41) is 8.21. The third kappa shape index (κ3) is 7.53. The molecular formula is C43H46FN7O7.